The number of piperidine rings is 1. The van der Waals surface area contributed by atoms with E-state index in [0.29, 0.717) is 56.9 Å². The minimum absolute atomic E-state index is 0.0497. The van der Waals surface area contributed by atoms with Crippen LogP contribution in [0.2, 0.25) is 0 Å². The van der Waals surface area contributed by atoms with Gasteiger partial charge in [-0.3, -0.25) is 14.5 Å². The van der Waals surface area contributed by atoms with Crippen molar-refractivity contribution in [2.45, 2.75) is 44.2 Å². The number of aromatic hydroxyl groups is 1. The Kier molecular flexibility index (Phi) is 14.2. The maximum absolute atomic E-state index is 14.0. The van der Waals surface area contributed by atoms with Gasteiger partial charge in [0.15, 0.2) is 0 Å². The molecule has 5 aromatic carbocycles. The third kappa shape index (κ3) is 10.5. The van der Waals surface area contributed by atoms with Crippen LogP contribution in [-0.2, 0) is 34.8 Å². The van der Waals surface area contributed by atoms with Crippen molar-refractivity contribution in [1.82, 2.24) is 30.5 Å². The second kappa shape index (κ2) is 20.7. The number of nitrogens with zero attached hydrogens (tertiary/aromatic N) is 3. The largest absolute Gasteiger partial charge is 0.506 e. The van der Waals surface area contributed by atoms with Crippen LogP contribution in [0.3, 0.4) is 0 Å². The molecule has 66 heavy (non-hydrogen) atoms. The van der Waals surface area contributed by atoms with E-state index < -0.39 is 17.7 Å². The third-order valence-corrected chi connectivity index (χ3v) is 12.1. The lowest BCUT2D eigenvalue weighted by Crippen LogP contribution is -2.40. The van der Waals surface area contributed by atoms with E-state index in [1.807, 2.05) is 18.2 Å². The van der Waals surface area contributed by atoms with Gasteiger partial charge < -0.3 is 40.4 Å². The highest BCUT2D eigenvalue weighted by molar-refractivity contribution is 5.94. The summed E-state index contributed by atoms with van der Waals surface area (Å²) in [6.45, 7) is 3.45. The highest BCUT2D eigenvalue weighted by Crippen LogP contribution is 2.35. The van der Waals surface area contributed by atoms with Crippen LogP contribution >= 0.6 is 0 Å². The minimum Gasteiger partial charge on any atom is -0.506 e. The molecule has 1 saturated heterocycles. The Balaban J connectivity index is 0.863. The number of likely N-dealkylation sites (tertiary alicyclic amines) is 1. The summed E-state index contributed by atoms with van der Waals surface area (Å²) in [7, 11) is 1.51. The molecule has 6 N–H and O–H groups in total. The van der Waals surface area contributed by atoms with E-state index in [1.54, 1.807) is 85.2 Å². The number of fused-ring (bicyclic) bond motifs is 1. The molecule has 14 heteroatoms. The number of aromatic nitrogens is 3. The van der Waals surface area contributed by atoms with Gasteiger partial charge in [0.25, 0.3) is 5.91 Å². The third-order valence-electron chi connectivity index (χ3n) is 12.1. The number of pyridine rings is 1. The first-order chi connectivity index (χ1) is 32.1. The number of aliphatic hydroxyl groups is 2. The Hall–Kier alpha value is -7.23. The number of hydrogen-bond donors (Lipinski definition) is 6. The van der Waals surface area contributed by atoms with E-state index in [4.69, 9.17) is 9.47 Å². The van der Waals surface area contributed by atoms with Gasteiger partial charge >= 0.3 is 5.97 Å². The van der Waals surface area contributed by atoms with Crippen LogP contribution in [0, 0.1) is 5.92 Å². The first-order valence-corrected chi connectivity index (χ1v) is 21.9. The Morgan fingerprint density at radius 2 is 1.58 bits per heavy atom. The van der Waals surface area contributed by atoms with Crippen molar-refractivity contribution in [1.29, 1.82) is 0 Å². The van der Waals surface area contributed by atoms with Crippen LogP contribution in [0.1, 0.15) is 62.9 Å². The first kappa shape index (κ1) is 45.3. The number of aromatic amines is 1. The van der Waals surface area contributed by atoms with Crippen molar-refractivity contribution in [3.63, 3.8) is 0 Å². The zero-order chi connectivity index (χ0) is 46.0. The fraction of sp³-hybridized carbons (Fsp3) is 0.250. The monoisotopic (exact) mass is 888 g/mol. The highest BCUT2D eigenvalue weighted by atomic mass is 16.5. The Labute approximate surface area is 381 Å². The molecule has 8 rings (SSSR count). The molecule has 2 unspecified atom stereocenters. The van der Waals surface area contributed by atoms with Crippen molar-refractivity contribution in [3.8, 4) is 22.6 Å². The molecule has 14 nitrogen and oxygen atoms in total. The average Bonchev–Trinajstić information content (AvgIpc) is 3.36. The van der Waals surface area contributed by atoms with E-state index in [0.717, 1.165) is 38.0 Å². The summed E-state index contributed by atoms with van der Waals surface area (Å²) in [4.78, 5) is 53.0. The van der Waals surface area contributed by atoms with Crippen LogP contribution < -0.4 is 20.9 Å². The van der Waals surface area contributed by atoms with Crippen molar-refractivity contribution in [2.75, 3.05) is 33.4 Å². The first-order valence-electron chi connectivity index (χ1n) is 21.9. The lowest BCUT2D eigenvalue weighted by Gasteiger charge is -2.33. The quantitative estimate of drug-likeness (QED) is 0.0572. The number of phenols is 1. The lowest BCUT2D eigenvalue weighted by molar-refractivity contribution is -0.164. The number of carbonyl (C=O) groups excluding carboxylic acids is 2. The molecule has 0 saturated carbocycles. The maximum atomic E-state index is 14.0. The summed E-state index contributed by atoms with van der Waals surface area (Å²) in [6.07, 6.45) is 4.10. The number of phenolic OH excluding ortho intramolecular Hbond substituents is 1. The average molecular weight is 889 g/mol. The number of methoxy groups -OCH3 is 1. The summed E-state index contributed by atoms with van der Waals surface area (Å²) < 4.78 is 11.5. The standard InChI is InChI=1S/C52H52N6O8/c1-65-46-26-37(15-16-38(46)27-53-30-45(60)42-17-19-44(59)49-43(42)18-20-48(61)57-49)50(62)56-31-47-54-28-39(29-55-47)36-11-8-14-41(25-36)52(64,40-12-6-3-7-13-40)51(63)66-33-35-21-23-58(24-22-35)32-34-9-4-2-5-10-34/h2-20,25-26,28-29,35,45,53,59-60,64H,21-24,27,30-33H2,1H3,(H,56,62)(H,57,61). The highest BCUT2D eigenvalue weighted by Gasteiger charge is 2.42. The van der Waals surface area contributed by atoms with Gasteiger partial charge in [0, 0.05) is 65.7 Å². The van der Waals surface area contributed by atoms with Gasteiger partial charge in [-0.1, -0.05) is 91.0 Å². The van der Waals surface area contributed by atoms with Crippen molar-refractivity contribution < 1.29 is 34.4 Å². The van der Waals surface area contributed by atoms with Gasteiger partial charge in [-0.25, -0.2) is 14.8 Å². The molecule has 2 aromatic heterocycles. The molecular weight excluding hydrogens is 837 g/mol. The summed E-state index contributed by atoms with van der Waals surface area (Å²) >= 11 is 0. The molecule has 0 bridgehead atoms. The van der Waals surface area contributed by atoms with Crippen LogP contribution in [0.15, 0.2) is 145 Å². The summed E-state index contributed by atoms with van der Waals surface area (Å²) in [5, 5.41) is 40.0. The maximum Gasteiger partial charge on any atom is 0.347 e. The van der Waals surface area contributed by atoms with Gasteiger partial charge in [-0.15, -0.1) is 0 Å². The Morgan fingerprint density at radius 3 is 2.32 bits per heavy atom. The molecule has 7 aromatic rings. The van der Waals surface area contributed by atoms with Gasteiger partial charge in [-0.2, -0.15) is 0 Å². The van der Waals surface area contributed by atoms with E-state index >= 15 is 0 Å². The fourth-order valence-corrected chi connectivity index (χ4v) is 8.35. The van der Waals surface area contributed by atoms with E-state index in [1.165, 1.54) is 24.8 Å². The zero-order valence-electron chi connectivity index (χ0n) is 36.5. The van der Waals surface area contributed by atoms with E-state index in [2.05, 4.69) is 54.8 Å². The molecular formula is C52H52N6O8. The number of H-pyrrole nitrogens is 1. The number of hydrogen-bond acceptors (Lipinski definition) is 12. The van der Waals surface area contributed by atoms with Crippen molar-refractivity contribution in [2.24, 2.45) is 5.92 Å². The number of ether oxygens (including phenoxy) is 2. The predicted octanol–water partition coefficient (Wildman–Crippen LogP) is 6.14. The van der Waals surface area contributed by atoms with Gasteiger partial charge in [0.1, 0.15) is 17.3 Å². The van der Waals surface area contributed by atoms with E-state index in [9.17, 15) is 29.7 Å². The second-order valence-corrected chi connectivity index (χ2v) is 16.5. The fourth-order valence-electron chi connectivity index (χ4n) is 8.35. The summed E-state index contributed by atoms with van der Waals surface area (Å²) in [6, 6.07) is 37.3. The zero-order valence-corrected chi connectivity index (χ0v) is 36.5. The molecule has 0 spiro atoms. The van der Waals surface area contributed by atoms with Crippen LogP contribution in [0.4, 0.5) is 0 Å². The smallest absolute Gasteiger partial charge is 0.347 e. The molecule has 0 radical (unpaired) electrons. The number of carbonyl (C=O) groups is 2. The topological polar surface area (TPSA) is 199 Å². The molecule has 1 aliphatic rings. The molecule has 3 heterocycles. The van der Waals surface area contributed by atoms with Gasteiger partial charge in [0.2, 0.25) is 11.2 Å². The second-order valence-electron chi connectivity index (χ2n) is 16.5. The summed E-state index contributed by atoms with van der Waals surface area (Å²) in [5.41, 5.74) is 2.84. The van der Waals surface area contributed by atoms with Crippen LogP contribution in [0.25, 0.3) is 22.0 Å². The van der Waals surface area contributed by atoms with Crippen molar-refractivity contribution >= 4 is 22.8 Å². The SMILES string of the molecule is COc1cc(C(=O)NCc2ncc(-c3cccc(C(O)(C(=O)OCC4CCN(Cc5ccccc5)CC4)c4ccccc4)c3)cn2)ccc1CNCC(O)c1ccc(O)c2[nH]c(=O)ccc12. The van der Waals surface area contributed by atoms with Crippen LogP contribution in [0.5, 0.6) is 11.5 Å². The molecule has 2 atom stereocenters. The predicted molar refractivity (Wildman–Crippen MR) is 249 cm³/mol. The molecule has 1 fully saturated rings. The lowest BCUT2D eigenvalue weighted by atomic mass is 9.85. The van der Waals surface area contributed by atoms with Crippen molar-refractivity contribution in [3.05, 3.63) is 189 Å². The number of nitrogens with one attached hydrogen (secondary N) is 3. The Morgan fingerprint density at radius 1 is 0.848 bits per heavy atom. The van der Waals surface area contributed by atoms with Crippen LogP contribution in [-0.4, -0.2) is 80.4 Å². The minimum atomic E-state index is -2.06. The number of amides is 1. The van der Waals surface area contributed by atoms with E-state index in [-0.39, 0.29) is 48.3 Å². The molecule has 0 aliphatic carbocycles. The number of esters is 1. The number of benzene rings is 5. The van der Waals surface area contributed by atoms with Gasteiger partial charge in [-0.05, 0) is 84.4 Å². The normalized spacial score (nSPS) is 14.6. The molecule has 1 amide bonds. The molecule has 338 valence electrons. The Bertz CT molecular complexity index is 2830. The number of rotatable bonds is 17. The number of aliphatic hydroxyl groups excluding tert-OH is 1. The molecule has 1 aliphatic heterocycles. The summed E-state index contributed by atoms with van der Waals surface area (Å²) in [5.74, 6) is -0.144. The van der Waals surface area contributed by atoms with Gasteiger partial charge in [0.05, 0.1) is 31.9 Å².